The van der Waals surface area contributed by atoms with Gasteiger partial charge in [0.25, 0.3) is 0 Å². The molecule has 8 heteroatoms. The molecule has 6 nitrogen and oxygen atoms in total. The molecule has 2 N–H and O–H groups in total. The van der Waals surface area contributed by atoms with Crippen molar-refractivity contribution in [3.63, 3.8) is 0 Å². The van der Waals surface area contributed by atoms with Crippen molar-refractivity contribution in [1.82, 2.24) is 10.6 Å². The molecule has 2 amide bonds. The first-order chi connectivity index (χ1) is 10.9. The third kappa shape index (κ3) is 4.30. The van der Waals surface area contributed by atoms with Crippen LogP contribution in [0.15, 0.2) is 29.5 Å². The van der Waals surface area contributed by atoms with Gasteiger partial charge in [0.15, 0.2) is 0 Å². The van der Waals surface area contributed by atoms with Crippen LogP contribution in [0, 0.1) is 0 Å². The number of hydrogen-bond donors (Lipinski definition) is 2. The number of rotatable bonds is 5. The average Bonchev–Trinajstić information content (AvgIpc) is 2.45. The molecule has 0 fully saturated rings. The van der Waals surface area contributed by atoms with Crippen LogP contribution in [-0.4, -0.2) is 31.3 Å². The first-order valence-electron chi connectivity index (χ1n) is 6.98. The summed E-state index contributed by atoms with van der Waals surface area (Å²) in [5.41, 5.74) is 0.655. The Hall–Kier alpha value is -1.92. The fourth-order valence-electron chi connectivity index (χ4n) is 2.14. The number of esters is 1. The molecule has 0 aromatic heterocycles. The van der Waals surface area contributed by atoms with Crippen LogP contribution < -0.4 is 15.4 Å². The summed E-state index contributed by atoms with van der Waals surface area (Å²) in [6.07, 6.45) is 0. The Bertz CT molecular complexity index is 661. The van der Waals surface area contributed by atoms with E-state index in [0.717, 1.165) is 0 Å². The van der Waals surface area contributed by atoms with Gasteiger partial charge in [-0.2, -0.15) is 0 Å². The molecule has 2 rings (SSSR count). The predicted octanol–water partition coefficient (Wildman–Crippen LogP) is 2.89. The molecule has 1 aliphatic heterocycles. The van der Waals surface area contributed by atoms with E-state index in [4.69, 9.17) is 32.7 Å². The van der Waals surface area contributed by atoms with Crippen molar-refractivity contribution < 1.29 is 19.1 Å². The van der Waals surface area contributed by atoms with E-state index in [-0.39, 0.29) is 13.2 Å². The third-order valence-corrected chi connectivity index (χ3v) is 3.66. The largest absolute Gasteiger partial charge is 0.486 e. The Balaban J connectivity index is 2.23. The Morgan fingerprint density at radius 3 is 2.74 bits per heavy atom. The third-order valence-electron chi connectivity index (χ3n) is 3.13. The molecule has 23 heavy (non-hydrogen) atoms. The van der Waals surface area contributed by atoms with Gasteiger partial charge in [-0.3, -0.25) is 0 Å². The van der Waals surface area contributed by atoms with Crippen LogP contribution in [0.1, 0.15) is 13.8 Å². The van der Waals surface area contributed by atoms with Crippen LogP contribution in [0.4, 0.5) is 4.79 Å². The van der Waals surface area contributed by atoms with E-state index in [1.165, 1.54) is 0 Å². The number of carbonyl (C=O) groups excluding carboxylic acids is 2. The molecule has 1 aliphatic rings. The SMILES string of the molecule is CCOC(=O)C1=C(COc2ccc(Cl)cc2Cl)NC(=O)NC1C. The Morgan fingerprint density at radius 1 is 1.35 bits per heavy atom. The summed E-state index contributed by atoms with van der Waals surface area (Å²) in [5, 5.41) is 6.00. The summed E-state index contributed by atoms with van der Waals surface area (Å²) in [7, 11) is 0. The molecular weight excluding hydrogens is 343 g/mol. The lowest BCUT2D eigenvalue weighted by Crippen LogP contribution is -2.50. The van der Waals surface area contributed by atoms with Gasteiger partial charge in [0, 0.05) is 5.02 Å². The summed E-state index contributed by atoms with van der Waals surface area (Å²) in [5.74, 6) is -0.111. The van der Waals surface area contributed by atoms with Crippen molar-refractivity contribution in [3.05, 3.63) is 39.5 Å². The minimum atomic E-state index is -0.506. The van der Waals surface area contributed by atoms with Gasteiger partial charge in [0.05, 0.1) is 28.9 Å². The number of halogens is 2. The summed E-state index contributed by atoms with van der Waals surface area (Å²) in [4.78, 5) is 23.7. The van der Waals surface area contributed by atoms with Crippen molar-refractivity contribution in [2.24, 2.45) is 0 Å². The van der Waals surface area contributed by atoms with Gasteiger partial charge >= 0.3 is 12.0 Å². The second-order valence-corrected chi connectivity index (χ2v) is 5.64. The van der Waals surface area contributed by atoms with Gasteiger partial charge in [0.2, 0.25) is 0 Å². The normalized spacial score (nSPS) is 17.4. The lowest BCUT2D eigenvalue weighted by molar-refractivity contribution is -0.139. The minimum Gasteiger partial charge on any atom is -0.486 e. The van der Waals surface area contributed by atoms with E-state index in [9.17, 15) is 9.59 Å². The van der Waals surface area contributed by atoms with E-state index in [1.54, 1.807) is 32.0 Å². The molecular formula is C15H16Cl2N2O4. The molecule has 1 aromatic rings. The molecule has 0 aliphatic carbocycles. The number of hydrogen-bond acceptors (Lipinski definition) is 4. The first-order valence-corrected chi connectivity index (χ1v) is 7.73. The number of carbonyl (C=O) groups is 2. The summed E-state index contributed by atoms with van der Waals surface area (Å²) in [6, 6.07) is 3.89. The van der Waals surface area contributed by atoms with Crippen molar-refractivity contribution in [2.45, 2.75) is 19.9 Å². The van der Waals surface area contributed by atoms with E-state index >= 15 is 0 Å². The fraction of sp³-hybridized carbons (Fsp3) is 0.333. The van der Waals surface area contributed by atoms with E-state index < -0.39 is 18.0 Å². The van der Waals surface area contributed by atoms with Gasteiger partial charge in [0.1, 0.15) is 12.4 Å². The standard InChI is InChI=1S/C15H16Cl2N2O4/c1-3-22-14(20)13-8(2)18-15(21)19-11(13)7-23-12-5-4-9(16)6-10(12)17/h4-6,8H,3,7H2,1-2H3,(H2,18,19,21). The highest BCUT2D eigenvalue weighted by Gasteiger charge is 2.30. The maximum Gasteiger partial charge on any atom is 0.338 e. The molecule has 124 valence electrons. The smallest absolute Gasteiger partial charge is 0.338 e. The van der Waals surface area contributed by atoms with Gasteiger partial charge in [-0.25, -0.2) is 9.59 Å². The van der Waals surface area contributed by atoms with Crippen molar-refractivity contribution in [3.8, 4) is 5.75 Å². The molecule has 0 bridgehead atoms. The highest BCUT2D eigenvalue weighted by molar-refractivity contribution is 6.35. The van der Waals surface area contributed by atoms with E-state index in [1.807, 2.05) is 0 Å². The fourth-order valence-corrected chi connectivity index (χ4v) is 2.60. The predicted molar refractivity (Wildman–Crippen MR) is 86.7 cm³/mol. The Morgan fingerprint density at radius 2 is 2.09 bits per heavy atom. The van der Waals surface area contributed by atoms with Crippen LogP contribution in [0.3, 0.4) is 0 Å². The maximum absolute atomic E-state index is 12.1. The molecule has 1 aromatic carbocycles. The molecule has 0 spiro atoms. The molecule has 1 atom stereocenters. The van der Waals surface area contributed by atoms with Crippen LogP contribution in [0.5, 0.6) is 5.75 Å². The molecule has 1 heterocycles. The van der Waals surface area contributed by atoms with Crippen LogP contribution in [0.2, 0.25) is 10.0 Å². The summed E-state index contributed by atoms with van der Waals surface area (Å²) >= 11 is 11.9. The maximum atomic E-state index is 12.1. The summed E-state index contributed by atoms with van der Waals surface area (Å²) < 4.78 is 10.6. The lowest BCUT2D eigenvalue weighted by atomic mass is 10.0. The molecule has 0 saturated heterocycles. The van der Waals surface area contributed by atoms with Gasteiger partial charge in [-0.1, -0.05) is 23.2 Å². The Labute approximate surface area is 143 Å². The van der Waals surface area contributed by atoms with Crippen molar-refractivity contribution in [1.29, 1.82) is 0 Å². The highest BCUT2D eigenvalue weighted by atomic mass is 35.5. The Kier molecular flexibility index (Phi) is 5.74. The highest BCUT2D eigenvalue weighted by Crippen LogP contribution is 2.28. The summed E-state index contributed by atoms with van der Waals surface area (Å²) in [6.45, 7) is 3.61. The van der Waals surface area contributed by atoms with Gasteiger partial charge < -0.3 is 20.1 Å². The van der Waals surface area contributed by atoms with E-state index in [0.29, 0.717) is 27.1 Å². The van der Waals surface area contributed by atoms with Gasteiger partial charge in [-0.05, 0) is 32.0 Å². The second-order valence-electron chi connectivity index (χ2n) is 4.80. The molecule has 0 radical (unpaired) electrons. The zero-order chi connectivity index (χ0) is 17.0. The first kappa shape index (κ1) is 17.4. The van der Waals surface area contributed by atoms with Crippen LogP contribution in [-0.2, 0) is 9.53 Å². The van der Waals surface area contributed by atoms with Crippen molar-refractivity contribution >= 4 is 35.2 Å². The monoisotopic (exact) mass is 358 g/mol. The number of ether oxygens (including phenoxy) is 2. The number of benzene rings is 1. The van der Waals surface area contributed by atoms with Crippen molar-refractivity contribution in [2.75, 3.05) is 13.2 Å². The number of urea groups is 1. The zero-order valence-electron chi connectivity index (χ0n) is 12.6. The lowest BCUT2D eigenvalue weighted by Gasteiger charge is -2.26. The molecule has 1 unspecified atom stereocenters. The number of amides is 2. The topological polar surface area (TPSA) is 76.7 Å². The molecule has 0 saturated carbocycles. The van der Waals surface area contributed by atoms with Gasteiger partial charge in [-0.15, -0.1) is 0 Å². The number of nitrogens with one attached hydrogen (secondary N) is 2. The zero-order valence-corrected chi connectivity index (χ0v) is 14.1. The van der Waals surface area contributed by atoms with Crippen LogP contribution >= 0.6 is 23.2 Å². The second kappa shape index (κ2) is 7.57. The minimum absolute atomic E-state index is 0.0345. The quantitative estimate of drug-likeness (QED) is 0.793. The average molecular weight is 359 g/mol. The van der Waals surface area contributed by atoms with Crippen LogP contribution in [0.25, 0.3) is 0 Å². The van der Waals surface area contributed by atoms with E-state index in [2.05, 4.69) is 10.6 Å².